The van der Waals surface area contributed by atoms with Crippen molar-refractivity contribution in [3.8, 4) is 5.75 Å². The van der Waals surface area contributed by atoms with Crippen molar-refractivity contribution in [3.63, 3.8) is 0 Å². The summed E-state index contributed by atoms with van der Waals surface area (Å²) < 4.78 is 31.5. The maximum Gasteiger partial charge on any atom is 0.159 e. The molecule has 112 valence electrons. The van der Waals surface area contributed by atoms with Crippen molar-refractivity contribution in [3.05, 3.63) is 59.7 Å². The van der Waals surface area contributed by atoms with Crippen LogP contribution in [0.25, 0.3) is 0 Å². The maximum absolute atomic E-state index is 13.3. The SMILES string of the molecule is COc1cccc(C(Sc2ccc(F)c(F)c2)C(C)N)c1. The molecule has 2 aromatic rings. The number of hydrogen-bond acceptors (Lipinski definition) is 3. The van der Waals surface area contributed by atoms with Crippen LogP contribution in [-0.4, -0.2) is 13.2 Å². The van der Waals surface area contributed by atoms with Crippen LogP contribution >= 0.6 is 11.8 Å². The molecule has 2 nitrogen and oxygen atoms in total. The number of hydrogen-bond donors (Lipinski definition) is 1. The zero-order valence-corrected chi connectivity index (χ0v) is 12.7. The first kappa shape index (κ1) is 15.8. The number of ether oxygens (including phenoxy) is 1. The fourth-order valence-corrected chi connectivity index (χ4v) is 3.10. The van der Waals surface area contributed by atoms with Crippen molar-refractivity contribution in [2.24, 2.45) is 5.73 Å². The van der Waals surface area contributed by atoms with Crippen LogP contribution in [0.5, 0.6) is 5.75 Å². The van der Waals surface area contributed by atoms with Gasteiger partial charge in [0.1, 0.15) is 5.75 Å². The normalized spacial score (nSPS) is 13.8. The summed E-state index contributed by atoms with van der Waals surface area (Å²) >= 11 is 1.40. The highest BCUT2D eigenvalue weighted by molar-refractivity contribution is 7.99. The number of benzene rings is 2. The number of methoxy groups -OCH3 is 1. The summed E-state index contributed by atoms with van der Waals surface area (Å²) in [6.45, 7) is 1.89. The molecule has 2 atom stereocenters. The summed E-state index contributed by atoms with van der Waals surface area (Å²) in [7, 11) is 1.60. The van der Waals surface area contributed by atoms with Crippen molar-refractivity contribution in [1.82, 2.24) is 0 Å². The fourth-order valence-electron chi connectivity index (χ4n) is 1.99. The molecule has 21 heavy (non-hydrogen) atoms. The predicted octanol–water partition coefficient (Wildman–Crippen LogP) is 4.15. The number of halogens is 2. The molecule has 5 heteroatoms. The lowest BCUT2D eigenvalue weighted by molar-refractivity contribution is 0.414. The van der Waals surface area contributed by atoms with Gasteiger partial charge < -0.3 is 10.5 Å². The molecule has 0 aliphatic heterocycles. The van der Waals surface area contributed by atoms with Gasteiger partial charge in [0.2, 0.25) is 0 Å². The highest BCUT2D eigenvalue weighted by atomic mass is 32.2. The minimum absolute atomic E-state index is 0.0787. The maximum atomic E-state index is 13.3. The van der Waals surface area contributed by atoms with E-state index in [1.54, 1.807) is 13.2 Å². The van der Waals surface area contributed by atoms with Gasteiger partial charge in [-0.25, -0.2) is 8.78 Å². The van der Waals surface area contributed by atoms with Gasteiger partial charge in [-0.05, 0) is 42.8 Å². The average molecular weight is 309 g/mol. The summed E-state index contributed by atoms with van der Waals surface area (Å²) in [6, 6.07) is 11.3. The van der Waals surface area contributed by atoms with Gasteiger partial charge in [-0.15, -0.1) is 11.8 Å². The van der Waals surface area contributed by atoms with E-state index in [4.69, 9.17) is 10.5 Å². The fraction of sp³-hybridized carbons (Fsp3) is 0.250. The molecule has 0 amide bonds. The van der Waals surface area contributed by atoms with Gasteiger partial charge >= 0.3 is 0 Å². The Morgan fingerprint density at radius 1 is 1.10 bits per heavy atom. The molecular weight excluding hydrogens is 292 g/mol. The lowest BCUT2D eigenvalue weighted by Crippen LogP contribution is -2.22. The molecule has 2 unspecified atom stereocenters. The molecule has 0 fully saturated rings. The first-order valence-electron chi connectivity index (χ1n) is 6.52. The Labute approximate surface area is 127 Å². The highest BCUT2D eigenvalue weighted by Gasteiger charge is 2.19. The smallest absolute Gasteiger partial charge is 0.159 e. The Bertz CT molecular complexity index is 619. The Balaban J connectivity index is 2.28. The first-order valence-corrected chi connectivity index (χ1v) is 7.40. The van der Waals surface area contributed by atoms with Gasteiger partial charge in [0.25, 0.3) is 0 Å². The number of nitrogens with two attached hydrogens (primary N) is 1. The minimum atomic E-state index is -0.853. The van der Waals surface area contributed by atoms with Crippen LogP contribution in [-0.2, 0) is 0 Å². The van der Waals surface area contributed by atoms with Crippen molar-refractivity contribution in [2.45, 2.75) is 23.1 Å². The van der Waals surface area contributed by atoms with E-state index in [-0.39, 0.29) is 11.3 Å². The molecule has 0 saturated heterocycles. The molecule has 0 saturated carbocycles. The number of thioether (sulfide) groups is 1. The van der Waals surface area contributed by atoms with Gasteiger partial charge in [-0.3, -0.25) is 0 Å². The Morgan fingerprint density at radius 3 is 2.48 bits per heavy atom. The largest absolute Gasteiger partial charge is 0.497 e. The predicted molar refractivity (Wildman–Crippen MR) is 81.6 cm³/mol. The molecule has 0 bridgehead atoms. The Morgan fingerprint density at radius 2 is 1.86 bits per heavy atom. The molecular formula is C16H17F2NOS. The second kappa shape index (κ2) is 6.91. The zero-order valence-electron chi connectivity index (χ0n) is 11.8. The first-order chi connectivity index (χ1) is 10.0. The molecule has 2 rings (SSSR count). The van der Waals surface area contributed by atoms with E-state index >= 15 is 0 Å². The summed E-state index contributed by atoms with van der Waals surface area (Å²) in [5.41, 5.74) is 7.03. The van der Waals surface area contributed by atoms with Crippen LogP contribution in [0.15, 0.2) is 47.4 Å². The average Bonchev–Trinajstić information content (AvgIpc) is 2.48. The molecule has 0 aromatic heterocycles. The van der Waals surface area contributed by atoms with Gasteiger partial charge in [0, 0.05) is 16.2 Å². The lowest BCUT2D eigenvalue weighted by atomic mass is 10.1. The van der Waals surface area contributed by atoms with Crippen molar-refractivity contribution in [2.75, 3.05) is 7.11 Å². The van der Waals surface area contributed by atoms with Crippen LogP contribution in [0.3, 0.4) is 0 Å². The molecule has 0 heterocycles. The molecule has 0 aliphatic rings. The Kier molecular flexibility index (Phi) is 5.20. The van der Waals surface area contributed by atoms with Gasteiger partial charge in [-0.2, -0.15) is 0 Å². The van der Waals surface area contributed by atoms with Crippen LogP contribution in [0.1, 0.15) is 17.7 Å². The lowest BCUT2D eigenvalue weighted by Gasteiger charge is -2.21. The quantitative estimate of drug-likeness (QED) is 0.843. The van der Waals surface area contributed by atoms with Gasteiger partial charge in [0.15, 0.2) is 11.6 Å². The van der Waals surface area contributed by atoms with Crippen molar-refractivity contribution in [1.29, 1.82) is 0 Å². The summed E-state index contributed by atoms with van der Waals surface area (Å²) in [5, 5.41) is -0.0787. The van der Waals surface area contributed by atoms with E-state index in [9.17, 15) is 8.78 Å². The third-order valence-corrected chi connectivity index (χ3v) is 4.54. The molecule has 0 aliphatic carbocycles. The van der Waals surface area contributed by atoms with Crippen LogP contribution in [0, 0.1) is 11.6 Å². The highest BCUT2D eigenvalue weighted by Crippen LogP contribution is 2.38. The van der Waals surface area contributed by atoms with Crippen molar-refractivity contribution >= 4 is 11.8 Å². The standard InChI is InChI=1S/C16H17F2NOS/c1-10(19)16(11-4-3-5-12(8-11)20-2)21-13-6-7-14(17)15(18)9-13/h3-10,16H,19H2,1-2H3. The monoisotopic (exact) mass is 309 g/mol. The number of rotatable bonds is 5. The van der Waals surface area contributed by atoms with Crippen molar-refractivity contribution < 1.29 is 13.5 Å². The van der Waals surface area contributed by atoms with E-state index in [1.807, 2.05) is 31.2 Å². The summed E-state index contributed by atoms with van der Waals surface area (Å²) in [4.78, 5) is 0.638. The topological polar surface area (TPSA) is 35.2 Å². The zero-order chi connectivity index (χ0) is 15.4. The van der Waals surface area contributed by atoms with E-state index in [0.29, 0.717) is 4.90 Å². The molecule has 0 spiro atoms. The van der Waals surface area contributed by atoms with Crippen LogP contribution in [0.4, 0.5) is 8.78 Å². The van der Waals surface area contributed by atoms with E-state index in [2.05, 4.69) is 0 Å². The second-order valence-corrected chi connectivity index (χ2v) is 5.97. The molecule has 0 radical (unpaired) electrons. The summed E-state index contributed by atoms with van der Waals surface area (Å²) in [6.07, 6.45) is 0. The van der Waals surface area contributed by atoms with Crippen LogP contribution in [0.2, 0.25) is 0 Å². The Hall–Kier alpha value is -1.59. The third kappa shape index (κ3) is 3.95. The molecule has 2 N–H and O–H groups in total. The van der Waals surface area contributed by atoms with Gasteiger partial charge in [-0.1, -0.05) is 12.1 Å². The van der Waals surface area contributed by atoms with Gasteiger partial charge in [0.05, 0.1) is 7.11 Å². The summed E-state index contributed by atoms with van der Waals surface area (Å²) in [5.74, 6) is -0.962. The van der Waals surface area contributed by atoms with Crippen LogP contribution < -0.4 is 10.5 Å². The van der Waals surface area contributed by atoms with E-state index < -0.39 is 11.6 Å². The minimum Gasteiger partial charge on any atom is -0.497 e. The van der Waals surface area contributed by atoms with E-state index in [0.717, 1.165) is 17.4 Å². The molecule has 2 aromatic carbocycles. The second-order valence-electron chi connectivity index (χ2n) is 4.75. The third-order valence-electron chi connectivity index (χ3n) is 3.05. The van der Waals surface area contributed by atoms with E-state index in [1.165, 1.54) is 17.8 Å².